The van der Waals surface area contributed by atoms with Gasteiger partial charge in [-0.2, -0.15) is 0 Å². The van der Waals surface area contributed by atoms with Gasteiger partial charge in [-0.25, -0.2) is 14.7 Å². The minimum absolute atomic E-state index is 0.0280. The highest BCUT2D eigenvalue weighted by molar-refractivity contribution is 5.96. The van der Waals surface area contributed by atoms with Crippen molar-refractivity contribution in [3.8, 4) is 5.75 Å². The van der Waals surface area contributed by atoms with E-state index >= 15 is 0 Å². The number of benzene rings is 2. The van der Waals surface area contributed by atoms with Gasteiger partial charge in [-0.15, -0.1) is 0 Å². The van der Waals surface area contributed by atoms with Crippen LogP contribution in [0.1, 0.15) is 13.3 Å². The zero-order valence-corrected chi connectivity index (χ0v) is 19.8. The number of nitrogens with zero attached hydrogens (tertiary/aromatic N) is 3. The van der Waals surface area contributed by atoms with Gasteiger partial charge in [-0.3, -0.25) is 19.7 Å². The maximum atomic E-state index is 13.8. The highest BCUT2D eigenvalue weighted by Crippen LogP contribution is 2.37. The normalized spacial score (nSPS) is 24.2. The first-order chi connectivity index (χ1) is 17.2. The van der Waals surface area contributed by atoms with Crippen LogP contribution < -0.4 is 15.1 Å². The number of nitrogens with one attached hydrogen (secondary N) is 1. The van der Waals surface area contributed by atoms with E-state index in [-0.39, 0.29) is 13.0 Å². The van der Waals surface area contributed by atoms with Gasteiger partial charge in [-0.1, -0.05) is 18.2 Å². The van der Waals surface area contributed by atoms with Crippen molar-refractivity contribution in [2.45, 2.75) is 25.0 Å². The first-order valence-corrected chi connectivity index (χ1v) is 11.7. The summed E-state index contributed by atoms with van der Waals surface area (Å²) in [6.07, 6.45) is -2.22. The van der Waals surface area contributed by atoms with Crippen molar-refractivity contribution < 1.29 is 33.8 Å². The third-order valence-corrected chi connectivity index (χ3v) is 7.02. The molecule has 2 saturated heterocycles. The number of ether oxygens (including phenoxy) is 1. The molecule has 0 spiro atoms. The third kappa shape index (κ3) is 4.92. The lowest BCUT2D eigenvalue weighted by atomic mass is 9.75. The molecule has 4 rings (SSSR count). The van der Waals surface area contributed by atoms with Crippen LogP contribution in [0.3, 0.4) is 0 Å². The Kier molecular flexibility index (Phi) is 7.30. The Morgan fingerprint density at radius 2 is 1.67 bits per heavy atom. The molecule has 2 heterocycles. The molecule has 2 aromatic rings. The number of carbonyl (C=O) groups excluding carboxylic acids is 2. The number of para-hydroxylation sites is 1. The van der Waals surface area contributed by atoms with Gasteiger partial charge in [0.05, 0.1) is 12.5 Å². The van der Waals surface area contributed by atoms with E-state index in [0.29, 0.717) is 31.9 Å². The highest BCUT2D eigenvalue weighted by Gasteiger charge is 2.57. The van der Waals surface area contributed by atoms with E-state index in [1.54, 1.807) is 10.4 Å². The molecule has 3 atom stereocenters. The molecule has 10 nitrogen and oxygen atoms in total. The maximum Gasteiger partial charge on any atom is 0.408 e. The van der Waals surface area contributed by atoms with Crippen molar-refractivity contribution in [3.63, 3.8) is 0 Å². The summed E-state index contributed by atoms with van der Waals surface area (Å²) >= 11 is 0. The predicted molar refractivity (Wildman–Crippen MR) is 127 cm³/mol. The molecule has 2 fully saturated rings. The monoisotopic (exact) mass is 500 g/mol. The van der Waals surface area contributed by atoms with Crippen LogP contribution in [-0.2, 0) is 9.59 Å². The van der Waals surface area contributed by atoms with Crippen molar-refractivity contribution in [2.24, 2.45) is 5.92 Å². The van der Waals surface area contributed by atoms with Crippen molar-refractivity contribution in [2.75, 3.05) is 37.6 Å². The van der Waals surface area contributed by atoms with Crippen molar-refractivity contribution in [3.05, 3.63) is 60.4 Å². The molecule has 36 heavy (non-hydrogen) atoms. The lowest BCUT2D eigenvalue weighted by Gasteiger charge is -2.51. The minimum Gasteiger partial charge on any atom is -0.489 e. The molecule has 192 valence electrons. The number of hydrogen-bond donors (Lipinski definition) is 3. The molecule has 0 bridgehead atoms. The zero-order chi connectivity index (χ0) is 25.9. The topological polar surface area (TPSA) is 123 Å². The number of carboxylic acid groups (broad SMARTS) is 1. The van der Waals surface area contributed by atoms with Crippen LogP contribution in [0.5, 0.6) is 5.75 Å². The van der Waals surface area contributed by atoms with Crippen LogP contribution in [0.25, 0.3) is 0 Å². The summed E-state index contributed by atoms with van der Waals surface area (Å²) in [5.41, 5.74) is 0.844. The summed E-state index contributed by atoms with van der Waals surface area (Å²) in [4.78, 5) is 43.5. The van der Waals surface area contributed by atoms with Gasteiger partial charge in [0.2, 0.25) is 11.8 Å². The number of hydrogen-bond acceptors (Lipinski definition) is 6. The SMILES string of the molecule is C[C@@]1(C(=O)N2CCN(c3ccccc3)CC2)[C@@H](C(=O)NO)C[C@H](Oc2ccc(F)cc2)CN1C(=O)O. The Bertz CT molecular complexity index is 1090. The Morgan fingerprint density at radius 1 is 1.03 bits per heavy atom. The highest BCUT2D eigenvalue weighted by atomic mass is 19.1. The minimum atomic E-state index is -1.77. The van der Waals surface area contributed by atoms with Gasteiger partial charge in [0.1, 0.15) is 23.2 Å². The molecule has 11 heteroatoms. The molecule has 0 saturated carbocycles. The maximum absolute atomic E-state index is 13.8. The molecule has 0 aromatic heterocycles. The first-order valence-electron chi connectivity index (χ1n) is 11.7. The Balaban J connectivity index is 1.56. The van der Waals surface area contributed by atoms with Crippen molar-refractivity contribution in [1.29, 1.82) is 0 Å². The number of anilines is 1. The Labute approximate surface area is 207 Å². The van der Waals surface area contributed by atoms with Crippen LogP contribution in [-0.4, -0.2) is 82.4 Å². The summed E-state index contributed by atoms with van der Waals surface area (Å²) in [5.74, 6) is -2.78. The van der Waals surface area contributed by atoms with Crippen LogP contribution >= 0.6 is 0 Å². The fraction of sp³-hybridized carbons (Fsp3) is 0.400. The standard InChI is InChI=1S/C25H29FN4O6/c1-25(23(32)29-13-11-28(12-14-29)18-5-3-2-4-6-18)21(22(31)27-35)15-20(16-30(25)24(33)34)36-19-9-7-17(26)8-10-19/h2-10,20-21,35H,11-16H2,1H3,(H,27,31)(H,33,34)/t20-,21+,25-/m0/s1. The Morgan fingerprint density at radius 3 is 2.25 bits per heavy atom. The van der Waals surface area contributed by atoms with E-state index in [0.717, 1.165) is 10.6 Å². The largest absolute Gasteiger partial charge is 0.489 e. The summed E-state index contributed by atoms with van der Waals surface area (Å²) in [7, 11) is 0. The summed E-state index contributed by atoms with van der Waals surface area (Å²) in [6, 6.07) is 14.9. The van der Waals surface area contributed by atoms with Crippen LogP contribution in [0.2, 0.25) is 0 Å². The molecule has 2 aromatic carbocycles. The first kappa shape index (κ1) is 25.2. The van der Waals surface area contributed by atoms with E-state index < -0.39 is 41.3 Å². The van der Waals surface area contributed by atoms with E-state index in [9.17, 15) is 29.1 Å². The van der Waals surface area contributed by atoms with Crippen LogP contribution in [0, 0.1) is 11.7 Å². The molecule has 3 N–H and O–H groups in total. The summed E-state index contributed by atoms with van der Waals surface area (Å²) in [5, 5.41) is 19.5. The number of carbonyl (C=O) groups is 3. The molecule has 3 amide bonds. The smallest absolute Gasteiger partial charge is 0.408 e. The van der Waals surface area contributed by atoms with Gasteiger partial charge in [0.15, 0.2) is 0 Å². The quantitative estimate of drug-likeness (QED) is 0.425. The predicted octanol–water partition coefficient (Wildman–Crippen LogP) is 2.19. The second-order valence-corrected chi connectivity index (χ2v) is 9.11. The van der Waals surface area contributed by atoms with E-state index in [4.69, 9.17) is 4.74 Å². The van der Waals surface area contributed by atoms with Gasteiger partial charge in [-0.05, 0) is 43.3 Å². The van der Waals surface area contributed by atoms with Gasteiger partial charge < -0.3 is 19.6 Å². The molecular formula is C25H29FN4O6. The van der Waals surface area contributed by atoms with Crippen LogP contribution in [0.15, 0.2) is 54.6 Å². The molecule has 0 radical (unpaired) electrons. The van der Waals surface area contributed by atoms with E-state index in [2.05, 4.69) is 4.90 Å². The average molecular weight is 501 g/mol. The molecular weight excluding hydrogens is 471 g/mol. The number of piperidine rings is 1. The van der Waals surface area contributed by atoms with E-state index in [1.807, 2.05) is 30.3 Å². The second-order valence-electron chi connectivity index (χ2n) is 9.11. The molecule has 0 unspecified atom stereocenters. The summed E-state index contributed by atoms with van der Waals surface area (Å²) in [6.45, 7) is 3.02. The molecule has 2 aliphatic heterocycles. The number of piperazine rings is 1. The molecule has 0 aliphatic carbocycles. The van der Waals surface area contributed by atoms with Gasteiger partial charge in [0, 0.05) is 38.3 Å². The Hall–Kier alpha value is -3.86. The summed E-state index contributed by atoms with van der Waals surface area (Å²) < 4.78 is 19.1. The fourth-order valence-electron chi connectivity index (χ4n) is 5.05. The lowest BCUT2D eigenvalue weighted by molar-refractivity contribution is -0.161. The average Bonchev–Trinajstić information content (AvgIpc) is 2.90. The number of halogens is 1. The van der Waals surface area contributed by atoms with Gasteiger partial charge in [0.25, 0.3) is 0 Å². The zero-order valence-electron chi connectivity index (χ0n) is 19.8. The number of amides is 3. The van der Waals surface area contributed by atoms with Crippen molar-refractivity contribution >= 4 is 23.6 Å². The van der Waals surface area contributed by atoms with Crippen LogP contribution in [0.4, 0.5) is 14.9 Å². The van der Waals surface area contributed by atoms with E-state index in [1.165, 1.54) is 31.2 Å². The fourth-order valence-corrected chi connectivity index (χ4v) is 5.05. The lowest BCUT2D eigenvalue weighted by Crippen LogP contribution is -2.71. The van der Waals surface area contributed by atoms with Gasteiger partial charge >= 0.3 is 6.09 Å². The number of likely N-dealkylation sites (tertiary alicyclic amines) is 1. The number of hydroxylamine groups is 1. The van der Waals surface area contributed by atoms with Crippen molar-refractivity contribution in [1.82, 2.24) is 15.3 Å². The third-order valence-electron chi connectivity index (χ3n) is 7.02. The molecule has 2 aliphatic rings. The second kappa shape index (κ2) is 10.4. The number of rotatable bonds is 5.